The summed E-state index contributed by atoms with van der Waals surface area (Å²) in [6.45, 7) is 26.9. The molecule has 0 aliphatic rings. The van der Waals surface area contributed by atoms with Crippen molar-refractivity contribution < 1.29 is 25.8 Å². The summed E-state index contributed by atoms with van der Waals surface area (Å²) in [5.74, 6) is 0.163. The van der Waals surface area contributed by atoms with Crippen LogP contribution in [0.3, 0.4) is 0 Å². The minimum Gasteiger partial charge on any atom is -1.00 e. The summed E-state index contributed by atoms with van der Waals surface area (Å²) < 4.78 is 13.8. The van der Waals surface area contributed by atoms with Gasteiger partial charge in [0.2, 0.25) is 0 Å². The second-order valence-corrected chi connectivity index (χ2v) is 33.0. The largest absolute Gasteiger partial charge is 1.00 e. The van der Waals surface area contributed by atoms with Crippen LogP contribution in [0.25, 0.3) is 0 Å². The van der Waals surface area contributed by atoms with Gasteiger partial charge in [-0.3, -0.25) is 0 Å². The lowest BCUT2D eigenvalue weighted by molar-refractivity contribution is -0.0000141. The number of rotatable bonds is 25. The Labute approximate surface area is 375 Å². The van der Waals surface area contributed by atoms with E-state index in [0.29, 0.717) is 5.04 Å². The van der Waals surface area contributed by atoms with Crippen molar-refractivity contribution in [3.8, 4) is 0 Å². The van der Waals surface area contributed by atoms with E-state index in [1.807, 2.05) is 0 Å². The second-order valence-electron chi connectivity index (χ2n) is 19.1. The van der Waals surface area contributed by atoms with Crippen LogP contribution < -0.4 is 32.9 Å². The highest BCUT2D eigenvalue weighted by Gasteiger charge is 2.55. The van der Waals surface area contributed by atoms with Crippen molar-refractivity contribution in [1.29, 1.82) is 0 Å². The molecular formula is C50H85Br2O2PSi2. The average molecular weight is 965 g/mol. The summed E-state index contributed by atoms with van der Waals surface area (Å²) >= 11 is 3.48. The molecule has 1 unspecified atom stereocenters. The van der Waals surface area contributed by atoms with Crippen LogP contribution in [0.2, 0.25) is 36.3 Å². The molecule has 0 bridgehead atoms. The Morgan fingerprint density at radius 3 is 1.23 bits per heavy atom. The number of halogens is 2. The van der Waals surface area contributed by atoms with Gasteiger partial charge in [-0.05, 0) is 91.9 Å². The first-order chi connectivity index (χ1) is 26.5. The minimum atomic E-state index is -2.08. The first-order valence-corrected chi connectivity index (χ1v) is 31.3. The molecule has 0 saturated carbocycles. The molecule has 1 atom stereocenters. The van der Waals surface area contributed by atoms with Crippen LogP contribution >= 0.6 is 23.2 Å². The van der Waals surface area contributed by atoms with Crippen LogP contribution in [0.4, 0.5) is 0 Å². The van der Waals surface area contributed by atoms with E-state index in [4.69, 9.17) is 8.85 Å². The Morgan fingerprint density at radius 1 is 0.509 bits per heavy atom. The first-order valence-electron chi connectivity index (χ1n) is 22.5. The molecule has 0 spiro atoms. The lowest BCUT2D eigenvalue weighted by atomic mass is 10.1. The number of hydrogen-bond acceptors (Lipinski definition) is 2. The van der Waals surface area contributed by atoms with Gasteiger partial charge in [0.15, 0.2) is 22.5 Å². The molecule has 3 rings (SSSR count). The van der Waals surface area contributed by atoms with Gasteiger partial charge < -0.3 is 25.8 Å². The highest BCUT2D eigenvalue weighted by molar-refractivity contribution is 9.09. The molecule has 2 nitrogen and oxygen atoms in total. The summed E-state index contributed by atoms with van der Waals surface area (Å²) in [5, 5.41) is 5.96. The summed E-state index contributed by atoms with van der Waals surface area (Å²) in [6.07, 6.45) is 21.3. The van der Waals surface area contributed by atoms with Crippen LogP contribution in [-0.4, -0.2) is 34.4 Å². The van der Waals surface area contributed by atoms with E-state index < -0.39 is 23.9 Å². The highest BCUT2D eigenvalue weighted by atomic mass is 79.9. The standard InChI is InChI=1S/C34H50OPSi.C16H35BrOSi.BrH/c1-7-8-9-10-11-12-22-29-33(35-37(5,6)34(2,3)4)36(30-23-16-13-17-24-30,31-25-18-14-19-26-31)32-27-20-15-21-28-32;1-16(2,3)19(4,5)18-15-13-11-9-7-6-8-10-12-14-17;/h13-21,23-28,33H,7-12,22,29H2,1-6H3;6-15H2,1-5H3;1H/q+1;;/p-1. The van der Waals surface area contributed by atoms with Gasteiger partial charge in [-0.25, -0.2) is 0 Å². The van der Waals surface area contributed by atoms with Gasteiger partial charge >= 0.3 is 0 Å². The highest BCUT2D eigenvalue weighted by Crippen LogP contribution is 2.62. The third-order valence-electron chi connectivity index (χ3n) is 12.5. The molecule has 0 saturated heterocycles. The maximum atomic E-state index is 7.56. The Bertz CT molecular complexity index is 1310. The van der Waals surface area contributed by atoms with E-state index in [-0.39, 0.29) is 27.9 Å². The van der Waals surface area contributed by atoms with Crippen molar-refractivity contribution in [3.63, 3.8) is 0 Å². The molecule has 3 aromatic carbocycles. The Balaban J connectivity index is 0.000000691. The van der Waals surface area contributed by atoms with Crippen molar-refractivity contribution in [2.45, 2.75) is 193 Å². The third-order valence-corrected chi connectivity index (χ3v) is 26.9. The lowest BCUT2D eigenvalue weighted by Crippen LogP contribution is -3.00. The van der Waals surface area contributed by atoms with E-state index in [0.717, 1.165) is 18.4 Å². The molecule has 7 heteroatoms. The van der Waals surface area contributed by atoms with E-state index >= 15 is 0 Å². The zero-order chi connectivity index (χ0) is 41.6. The van der Waals surface area contributed by atoms with Gasteiger partial charge in [-0.1, -0.05) is 196 Å². The number of alkyl halides is 1. The molecule has 0 amide bonds. The molecule has 324 valence electrons. The molecule has 57 heavy (non-hydrogen) atoms. The van der Waals surface area contributed by atoms with Crippen molar-refractivity contribution in [2.24, 2.45) is 0 Å². The van der Waals surface area contributed by atoms with E-state index in [9.17, 15) is 0 Å². The van der Waals surface area contributed by atoms with Crippen LogP contribution in [-0.2, 0) is 8.85 Å². The lowest BCUT2D eigenvalue weighted by Gasteiger charge is -2.43. The Hall–Kier alpha value is -0.596. The van der Waals surface area contributed by atoms with Crippen molar-refractivity contribution in [3.05, 3.63) is 91.0 Å². The summed E-state index contributed by atoms with van der Waals surface area (Å²) in [4.78, 5) is 0. The third kappa shape index (κ3) is 18.5. The zero-order valence-corrected chi connectivity index (χ0v) is 44.6. The van der Waals surface area contributed by atoms with E-state index in [2.05, 4.69) is 182 Å². The molecule has 0 radical (unpaired) electrons. The molecule has 0 aliphatic heterocycles. The second kappa shape index (κ2) is 28.1. The fourth-order valence-electron chi connectivity index (χ4n) is 6.86. The van der Waals surface area contributed by atoms with Crippen molar-refractivity contribution in [2.75, 3.05) is 11.9 Å². The van der Waals surface area contributed by atoms with Crippen molar-refractivity contribution in [1.82, 2.24) is 0 Å². The molecule has 0 heterocycles. The smallest absolute Gasteiger partial charge is 0.197 e. The summed E-state index contributed by atoms with van der Waals surface area (Å²) in [6, 6.07) is 33.9. The van der Waals surface area contributed by atoms with Gasteiger partial charge in [0.05, 0.1) is 0 Å². The van der Waals surface area contributed by atoms with Crippen LogP contribution in [0.15, 0.2) is 91.0 Å². The monoisotopic (exact) mass is 962 g/mol. The SMILES string of the molecule is CC(C)(C)[Si](C)(C)OCCCCCCCCCCBr.CCCCCCCCCC(O[Si](C)(C)C(C)(C)C)[P+](c1ccccc1)(c1ccccc1)c1ccccc1.[Br-]. The predicted octanol–water partition coefficient (Wildman–Crippen LogP) is 13.0. The van der Waals surface area contributed by atoms with Crippen LogP contribution in [0.1, 0.15) is 151 Å². The molecule has 0 N–H and O–H groups in total. The number of unbranched alkanes of at least 4 members (excludes halogenated alkanes) is 13. The molecular weight excluding hydrogens is 880 g/mol. The molecule has 3 aromatic rings. The van der Waals surface area contributed by atoms with Gasteiger partial charge in [-0.15, -0.1) is 0 Å². The van der Waals surface area contributed by atoms with Crippen LogP contribution in [0.5, 0.6) is 0 Å². The maximum absolute atomic E-state index is 7.56. The summed E-state index contributed by atoms with van der Waals surface area (Å²) in [7, 11) is -5.62. The minimum absolute atomic E-state index is 0. The first kappa shape index (κ1) is 54.4. The fraction of sp³-hybridized carbons (Fsp3) is 0.640. The Morgan fingerprint density at radius 2 is 0.860 bits per heavy atom. The Kier molecular flexibility index (Phi) is 26.8. The van der Waals surface area contributed by atoms with Crippen molar-refractivity contribution >= 4 is 55.7 Å². The topological polar surface area (TPSA) is 18.5 Å². The zero-order valence-electron chi connectivity index (χ0n) is 38.5. The molecule has 0 aromatic heterocycles. The normalized spacial score (nSPS) is 13.1. The van der Waals surface area contributed by atoms with Gasteiger partial charge in [0.1, 0.15) is 23.2 Å². The number of hydrogen-bond donors (Lipinski definition) is 0. The quantitative estimate of drug-likeness (QED) is 0.0365. The summed E-state index contributed by atoms with van der Waals surface area (Å²) in [5.41, 5.74) is 0. The number of benzene rings is 3. The maximum Gasteiger partial charge on any atom is 0.197 e. The molecule has 0 aliphatic carbocycles. The van der Waals surface area contributed by atoms with Gasteiger partial charge in [0.25, 0.3) is 0 Å². The van der Waals surface area contributed by atoms with E-state index in [1.54, 1.807) is 0 Å². The molecule has 0 fully saturated rings. The van der Waals surface area contributed by atoms with Gasteiger partial charge in [-0.2, -0.15) is 0 Å². The van der Waals surface area contributed by atoms with Crippen LogP contribution in [0, 0.1) is 0 Å². The fourth-order valence-corrected chi connectivity index (χ4v) is 15.3. The average Bonchev–Trinajstić information content (AvgIpc) is 3.16. The van der Waals surface area contributed by atoms with E-state index in [1.165, 1.54) is 112 Å². The predicted molar refractivity (Wildman–Crippen MR) is 264 cm³/mol. The van der Waals surface area contributed by atoms with Gasteiger partial charge in [0, 0.05) is 18.4 Å².